The lowest BCUT2D eigenvalue weighted by atomic mass is 10.1. The first kappa shape index (κ1) is 30.8. The van der Waals surface area contributed by atoms with Gasteiger partial charge in [0, 0.05) is 25.0 Å². The smallest absolute Gasteiger partial charge is 0.270 e. The van der Waals surface area contributed by atoms with Gasteiger partial charge in [-0.25, -0.2) is 9.37 Å². The van der Waals surface area contributed by atoms with E-state index in [1.54, 1.807) is 46.0 Å². The predicted molar refractivity (Wildman–Crippen MR) is 161 cm³/mol. The summed E-state index contributed by atoms with van der Waals surface area (Å²) in [6, 6.07) is 18.1. The molecule has 1 heterocycles. The van der Waals surface area contributed by atoms with E-state index in [9.17, 15) is 9.18 Å². The van der Waals surface area contributed by atoms with Crippen LogP contribution in [0.2, 0.25) is 0 Å². The van der Waals surface area contributed by atoms with Crippen molar-refractivity contribution in [1.29, 1.82) is 0 Å². The van der Waals surface area contributed by atoms with E-state index in [1.807, 2.05) is 36.4 Å². The number of benzene rings is 3. The Morgan fingerprint density at radius 1 is 0.786 bits per heavy atom. The molecule has 222 valence electrons. The van der Waals surface area contributed by atoms with Gasteiger partial charge in [-0.15, -0.1) is 11.3 Å². The normalized spacial score (nSPS) is 10.9. The second-order valence-electron chi connectivity index (χ2n) is 9.60. The summed E-state index contributed by atoms with van der Waals surface area (Å²) in [7, 11) is 6.43. The topological polar surface area (TPSA) is 82.2 Å². The van der Waals surface area contributed by atoms with Gasteiger partial charge in [0.05, 0.1) is 35.0 Å². The maximum absolute atomic E-state index is 13.5. The first-order valence-corrected chi connectivity index (χ1v) is 14.4. The highest BCUT2D eigenvalue weighted by Gasteiger charge is 2.15. The molecule has 4 aromatic rings. The number of methoxy groups -OCH3 is 4. The molecule has 0 atom stereocenters. The van der Waals surface area contributed by atoms with Gasteiger partial charge in [-0.05, 0) is 65.9 Å². The van der Waals surface area contributed by atoms with Crippen LogP contribution in [0.5, 0.6) is 23.0 Å². The average Bonchev–Trinajstić information content (AvgIpc) is 3.49. The summed E-state index contributed by atoms with van der Waals surface area (Å²) in [5, 5.41) is 5.57. The van der Waals surface area contributed by atoms with Gasteiger partial charge >= 0.3 is 0 Å². The second kappa shape index (κ2) is 15.2. The summed E-state index contributed by atoms with van der Waals surface area (Å²) >= 11 is 1.45. The Hall–Kier alpha value is -4.15. The Bertz CT molecular complexity index is 1460. The quantitative estimate of drug-likeness (QED) is 0.194. The van der Waals surface area contributed by atoms with E-state index < -0.39 is 0 Å². The molecule has 0 aliphatic carbocycles. The van der Waals surface area contributed by atoms with Gasteiger partial charge in [0.25, 0.3) is 5.91 Å². The zero-order valence-corrected chi connectivity index (χ0v) is 25.1. The summed E-state index contributed by atoms with van der Waals surface area (Å²) < 4.78 is 35.0. The van der Waals surface area contributed by atoms with Crippen LogP contribution >= 0.6 is 11.3 Å². The minimum Gasteiger partial charge on any atom is -0.493 e. The Balaban J connectivity index is 1.38. The molecule has 4 rings (SSSR count). The van der Waals surface area contributed by atoms with E-state index in [0.717, 1.165) is 34.7 Å². The van der Waals surface area contributed by atoms with Gasteiger partial charge in [-0.2, -0.15) is 0 Å². The maximum Gasteiger partial charge on any atom is 0.270 e. The van der Waals surface area contributed by atoms with Gasteiger partial charge in [0.2, 0.25) is 0 Å². The number of aromatic nitrogens is 1. The molecule has 0 aliphatic rings. The first-order chi connectivity index (χ1) is 20.4. The van der Waals surface area contributed by atoms with Gasteiger partial charge in [-0.3, -0.25) is 9.69 Å². The molecule has 42 heavy (non-hydrogen) atoms. The third kappa shape index (κ3) is 8.43. The van der Waals surface area contributed by atoms with Crippen LogP contribution in [0, 0.1) is 5.82 Å². The number of carbonyl (C=O) groups is 1. The Kier molecular flexibility index (Phi) is 11.1. The molecule has 0 unspecified atom stereocenters. The highest BCUT2D eigenvalue weighted by Crippen LogP contribution is 2.29. The van der Waals surface area contributed by atoms with E-state index in [-0.39, 0.29) is 11.7 Å². The summed E-state index contributed by atoms with van der Waals surface area (Å²) in [6.45, 7) is 2.34. The van der Waals surface area contributed by atoms with Crippen LogP contribution in [-0.2, 0) is 25.9 Å². The maximum atomic E-state index is 13.5. The molecule has 0 saturated carbocycles. The molecule has 0 saturated heterocycles. The highest BCUT2D eigenvalue weighted by molar-refractivity contribution is 7.09. The van der Waals surface area contributed by atoms with Crippen LogP contribution in [0.1, 0.15) is 32.2 Å². The minimum atomic E-state index is -0.266. The molecular formula is C32H36FN3O5S. The number of carbonyl (C=O) groups excluding carboxylic acids is 1. The van der Waals surface area contributed by atoms with Crippen molar-refractivity contribution in [2.45, 2.75) is 25.9 Å². The van der Waals surface area contributed by atoms with Crippen LogP contribution in [0.3, 0.4) is 0 Å². The van der Waals surface area contributed by atoms with Crippen molar-refractivity contribution in [2.75, 3.05) is 41.5 Å². The largest absolute Gasteiger partial charge is 0.493 e. The highest BCUT2D eigenvalue weighted by atomic mass is 32.1. The fourth-order valence-corrected chi connectivity index (χ4v) is 5.33. The van der Waals surface area contributed by atoms with Gasteiger partial charge in [0.1, 0.15) is 16.5 Å². The van der Waals surface area contributed by atoms with Crippen molar-refractivity contribution in [1.82, 2.24) is 15.2 Å². The third-order valence-corrected chi connectivity index (χ3v) is 7.61. The number of hydrogen-bond acceptors (Lipinski definition) is 8. The van der Waals surface area contributed by atoms with Crippen LogP contribution in [0.4, 0.5) is 4.39 Å². The molecule has 0 bridgehead atoms. The number of nitrogens with one attached hydrogen (secondary N) is 1. The monoisotopic (exact) mass is 593 g/mol. The van der Waals surface area contributed by atoms with Crippen molar-refractivity contribution in [3.63, 3.8) is 0 Å². The molecule has 0 aliphatic heterocycles. The molecule has 1 aromatic heterocycles. The van der Waals surface area contributed by atoms with Gasteiger partial charge in [0.15, 0.2) is 23.0 Å². The molecule has 1 N–H and O–H groups in total. The van der Waals surface area contributed by atoms with Gasteiger partial charge in [-0.1, -0.05) is 24.3 Å². The Morgan fingerprint density at radius 2 is 1.36 bits per heavy atom. The number of thiazole rings is 1. The number of halogens is 1. The number of amides is 1. The van der Waals surface area contributed by atoms with E-state index >= 15 is 0 Å². The number of rotatable bonds is 15. The SMILES string of the molecule is COc1ccc(CCNC(=O)c2csc(CN(CCc3ccc(OC)c(OC)c3)Cc3ccc(F)cc3)n2)cc1OC. The average molecular weight is 594 g/mol. The fraction of sp³-hybridized carbons (Fsp3) is 0.312. The number of hydrogen-bond donors (Lipinski definition) is 1. The summed E-state index contributed by atoms with van der Waals surface area (Å²) in [4.78, 5) is 19.7. The van der Waals surface area contributed by atoms with E-state index in [4.69, 9.17) is 18.9 Å². The molecule has 10 heteroatoms. The van der Waals surface area contributed by atoms with Crippen LogP contribution in [0.25, 0.3) is 0 Å². The van der Waals surface area contributed by atoms with Crippen LogP contribution in [-0.4, -0.2) is 57.3 Å². The molecule has 0 spiro atoms. The lowest BCUT2D eigenvalue weighted by Gasteiger charge is -2.22. The number of ether oxygens (including phenoxy) is 4. The fourth-order valence-electron chi connectivity index (χ4n) is 4.51. The third-order valence-electron chi connectivity index (χ3n) is 6.77. The molecule has 8 nitrogen and oxygen atoms in total. The molecule has 1 amide bonds. The second-order valence-corrected chi connectivity index (χ2v) is 10.5. The van der Waals surface area contributed by atoms with Crippen molar-refractivity contribution in [3.05, 3.63) is 99.3 Å². The first-order valence-electron chi connectivity index (χ1n) is 13.5. The number of nitrogens with zero attached hydrogens (tertiary/aromatic N) is 2. The van der Waals surface area contributed by atoms with E-state index in [0.29, 0.717) is 54.7 Å². The van der Waals surface area contributed by atoms with E-state index in [1.165, 1.54) is 23.5 Å². The van der Waals surface area contributed by atoms with Crippen molar-refractivity contribution in [2.24, 2.45) is 0 Å². The molecule has 0 fully saturated rings. The lowest BCUT2D eigenvalue weighted by molar-refractivity contribution is 0.0949. The Morgan fingerprint density at radius 3 is 1.95 bits per heavy atom. The summed E-state index contributed by atoms with van der Waals surface area (Å²) in [6.07, 6.45) is 1.40. The molecular weight excluding hydrogens is 557 g/mol. The van der Waals surface area contributed by atoms with Crippen LogP contribution < -0.4 is 24.3 Å². The molecule has 0 radical (unpaired) electrons. The van der Waals surface area contributed by atoms with Crippen molar-refractivity contribution in [3.8, 4) is 23.0 Å². The zero-order valence-electron chi connectivity index (χ0n) is 24.3. The van der Waals surface area contributed by atoms with Crippen LogP contribution in [0.15, 0.2) is 66.0 Å². The Labute approximate surface area is 250 Å². The predicted octanol–water partition coefficient (Wildman–Crippen LogP) is 5.53. The van der Waals surface area contributed by atoms with Crippen molar-refractivity contribution < 1.29 is 28.1 Å². The summed E-state index contributed by atoms with van der Waals surface area (Å²) in [5.74, 6) is 2.20. The van der Waals surface area contributed by atoms with E-state index in [2.05, 4.69) is 15.2 Å². The zero-order chi connectivity index (χ0) is 29.9. The molecule has 3 aromatic carbocycles. The lowest BCUT2D eigenvalue weighted by Crippen LogP contribution is -2.27. The standard InChI is InChI=1S/C32H36FN3O5S/c1-38-27-11-7-22(17-29(27)40-3)13-15-34-32(37)26-21-42-31(35-26)20-36(19-24-5-9-25(33)10-6-24)16-14-23-8-12-28(39-2)30(18-23)41-4/h5-12,17-18,21H,13-16,19-20H2,1-4H3,(H,34,37). The van der Waals surface area contributed by atoms with Gasteiger partial charge < -0.3 is 24.3 Å². The minimum absolute atomic E-state index is 0.214. The van der Waals surface area contributed by atoms with Crippen molar-refractivity contribution >= 4 is 17.2 Å². The summed E-state index contributed by atoms with van der Waals surface area (Å²) in [5.41, 5.74) is 3.51.